The molecule has 0 radical (unpaired) electrons. The number of piperidine rings is 1. The Morgan fingerprint density at radius 3 is 2.48 bits per heavy atom. The summed E-state index contributed by atoms with van der Waals surface area (Å²) in [4.78, 5) is 21.7. The summed E-state index contributed by atoms with van der Waals surface area (Å²) >= 11 is 0. The zero-order chi connectivity index (χ0) is 17.5. The van der Waals surface area contributed by atoms with Gasteiger partial charge in [-0.3, -0.25) is 9.69 Å². The molecule has 1 amide bonds. The monoisotopic (exact) mass is 347 g/mol. The fourth-order valence-corrected chi connectivity index (χ4v) is 3.94. The molecule has 140 valence electrons. The maximum absolute atomic E-state index is 12.4. The molecule has 0 aliphatic carbocycles. The minimum atomic E-state index is 0.182. The first-order chi connectivity index (χ1) is 12.2. The van der Waals surface area contributed by atoms with E-state index in [2.05, 4.69) is 24.7 Å². The van der Waals surface area contributed by atoms with E-state index in [1.54, 1.807) is 0 Å². The summed E-state index contributed by atoms with van der Waals surface area (Å²) in [5.74, 6) is 1.54. The largest absolute Gasteiger partial charge is 0.355 e. The highest BCUT2D eigenvalue weighted by Gasteiger charge is 2.25. The normalized spacial score (nSPS) is 21.2. The second-order valence-electron chi connectivity index (χ2n) is 7.55. The van der Waals surface area contributed by atoms with Gasteiger partial charge in [0, 0.05) is 38.4 Å². The molecule has 0 saturated carbocycles. The number of nitrogens with one attached hydrogen (secondary N) is 1. The number of hydrogen-bond acceptors (Lipinski definition) is 4. The lowest BCUT2D eigenvalue weighted by atomic mass is 9.96. The van der Waals surface area contributed by atoms with E-state index in [0.29, 0.717) is 0 Å². The Bertz CT molecular complexity index is 528. The van der Waals surface area contributed by atoms with Gasteiger partial charge in [0.1, 0.15) is 5.82 Å². The van der Waals surface area contributed by atoms with Gasteiger partial charge in [0.05, 0.1) is 6.54 Å². The SMILES string of the molecule is Cn1ccnc1CN1CCC(C(=O)NCCN2CCCCCC2)CC1. The third kappa shape index (κ3) is 5.54. The third-order valence-electron chi connectivity index (χ3n) is 5.67. The van der Waals surface area contributed by atoms with Gasteiger partial charge in [0.25, 0.3) is 0 Å². The van der Waals surface area contributed by atoms with Crippen molar-refractivity contribution in [3.63, 3.8) is 0 Å². The van der Waals surface area contributed by atoms with E-state index < -0.39 is 0 Å². The molecule has 0 unspecified atom stereocenters. The van der Waals surface area contributed by atoms with Crippen LogP contribution in [0.15, 0.2) is 12.4 Å². The minimum absolute atomic E-state index is 0.182. The Hall–Kier alpha value is -1.40. The first kappa shape index (κ1) is 18.4. The Balaban J connectivity index is 1.33. The van der Waals surface area contributed by atoms with Crippen molar-refractivity contribution in [1.82, 2.24) is 24.7 Å². The van der Waals surface area contributed by atoms with Crippen molar-refractivity contribution in [3.05, 3.63) is 18.2 Å². The van der Waals surface area contributed by atoms with Crippen molar-refractivity contribution in [2.45, 2.75) is 45.1 Å². The van der Waals surface area contributed by atoms with Gasteiger partial charge in [-0.2, -0.15) is 0 Å². The van der Waals surface area contributed by atoms with Gasteiger partial charge in [0.2, 0.25) is 5.91 Å². The van der Waals surface area contributed by atoms with Gasteiger partial charge >= 0.3 is 0 Å². The molecule has 3 heterocycles. The molecule has 2 aliphatic rings. The van der Waals surface area contributed by atoms with E-state index in [-0.39, 0.29) is 11.8 Å². The number of hydrogen-bond donors (Lipinski definition) is 1. The number of rotatable bonds is 6. The maximum atomic E-state index is 12.4. The molecule has 25 heavy (non-hydrogen) atoms. The van der Waals surface area contributed by atoms with Crippen LogP contribution in [0.25, 0.3) is 0 Å². The molecule has 1 aromatic rings. The van der Waals surface area contributed by atoms with Crippen molar-refractivity contribution in [2.24, 2.45) is 13.0 Å². The van der Waals surface area contributed by atoms with Crippen molar-refractivity contribution in [1.29, 1.82) is 0 Å². The van der Waals surface area contributed by atoms with Crippen LogP contribution in [-0.4, -0.2) is 64.5 Å². The minimum Gasteiger partial charge on any atom is -0.355 e. The van der Waals surface area contributed by atoms with E-state index in [0.717, 1.165) is 51.4 Å². The molecular formula is C19H33N5O. The lowest BCUT2D eigenvalue weighted by Gasteiger charge is -2.31. The van der Waals surface area contributed by atoms with Gasteiger partial charge in [-0.25, -0.2) is 4.98 Å². The zero-order valence-electron chi connectivity index (χ0n) is 15.6. The van der Waals surface area contributed by atoms with Crippen molar-refractivity contribution in [3.8, 4) is 0 Å². The number of imidazole rings is 1. The highest BCUT2D eigenvalue weighted by atomic mass is 16.1. The summed E-state index contributed by atoms with van der Waals surface area (Å²) in [6.45, 7) is 7.04. The highest BCUT2D eigenvalue weighted by molar-refractivity contribution is 5.78. The Morgan fingerprint density at radius 1 is 1.12 bits per heavy atom. The van der Waals surface area contributed by atoms with E-state index in [1.165, 1.54) is 38.8 Å². The van der Waals surface area contributed by atoms with Gasteiger partial charge in [-0.1, -0.05) is 12.8 Å². The van der Waals surface area contributed by atoms with Crippen LogP contribution in [0.1, 0.15) is 44.3 Å². The summed E-state index contributed by atoms with van der Waals surface area (Å²) in [5, 5.41) is 3.17. The van der Waals surface area contributed by atoms with Crippen molar-refractivity contribution < 1.29 is 4.79 Å². The Kier molecular flexibility index (Phi) is 6.87. The second kappa shape index (κ2) is 9.34. The van der Waals surface area contributed by atoms with E-state index >= 15 is 0 Å². The predicted octanol–water partition coefficient (Wildman–Crippen LogP) is 1.62. The van der Waals surface area contributed by atoms with Crippen LogP contribution in [0.5, 0.6) is 0 Å². The van der Waals surface area contributed by atoms with Crippen LogP contribution in [0.3, 0.4) is 0 Å². The average Bonchev–Trinajstić information content (AvgIpc) is 2.86. The second-order valence-corrected chi connectivity index (χ2v) is 7.55. The standard InChI is InChI=1S/C19H33N5O/c1-22-14-8-20-18(22)16-24-12-6-17(7-13-24)19(25)21-9-15-23-10-4-2-3-5-11-23/h8,14,17H,2-7,9-13,15-16H2,1H3,(H,21,25). The molecule has 6 nitrogen and oxygen atoms in total. The molecule has 0 atom stereocenters. The number of aryl methyl sites for hydroxylation is 1. The van der Waals surface area contributed by atoms with Crippen molar-refractivity contribution in [2.75, 3.05) is 39.3 Å². The van der Waals surface area contributed by atoms with E-state index in [1.807, 2.05) is 19.4 Å². The average molecular weight is 348 g/mol. The number of likely N-dealkylation sites (tertiary alicyclic amines) is 2. The number of carbonyl (C=O) groups excluding carboxylic acids is 1. The highest BCUT2D eigenvalue weighted by Crippen LogP contribution is 2.18. The molecule has 2 saturated heterocycles. The quantitative estimate of drug-likeness (QED) is 0.850. The summed E-state index contributed by atoms with van der Waals surface area (Å²) in [6, 6.07) is 0. The van der Waals surface area contributed by atoms with Crippen molar-refractivity contribution >= 4 is 5.91 Å². The van der Waals surface area contributed by atoms with Crippen LogP contribution < -0.4 is 5.32 Å². The first-order valence-corrected chi connectivity index (χ1v) is 9.91. The summed E-state index contributed by atoms with van der Waals surface area (Å²) in [5.41, 5.74) is 0. The molecule has 1 N–H and O–H groups in total. The van der Waals surface area contributed by atoms with E-state index in [4.69, 9.17) is 0 Å². The lowest BCUT2D eigenvalue weighted by molar-refractivity contribution is -0.126. The van der Waals surface area contributed by atoms with Gasteiger partial charge < -0.3 is 14.8 Å². The summed E-state index contributed by atoms with van der Waals surface area (Å²) in [6.07, 6.45) is 11.1. The zero-order valence-corrected chi connectivity index (χ0v) is 15.6. The molecule has 3 rings (SSSR count). The maximum Gasteiger partial charge on any atom is 0.223 e. The summed E-state index contributed by atoms with van der Waals surface area (Å²) in [7, 11) is 2.03. The molecule has 0 bridgehead atoms. The third-order valence-corrected chi connectivity index (χ3v) is 5.67. The Labute approximate surface area is 151 Å². The molecule has 2 fully saturated rings. The number of aromatic nitrogens is 2. The van der Waals surface area contributed by atoms with Crippen LogP contribution in [-0.2, 0) is 18.4 Å². The molecule has 0 spiro atoms. The molecule has 2 aliphatic heterocycles. The predicted molar refractivity (Wildman–Crippen MR) is 99.1 cm³/mol. The number of carbonyl (C=O) groups is 1. The summed E-state index contributed by atoms with van der Waals surface area (Å²) < 4.78 is 2.07. The Morgan fingerprint density at radius 2 is 1.84 bits per heavy atom. The van der Waals surface area contributed by atoms with Gasteiger partial charge in [0.15, 0.2) is 0 Å². The molecule has 1 aromatic heterocycles. The fraction of sp³-hybridized carbons (Fsp3) is 0.789. The van der Waals surface area contributed by atoms with Crippen LogP contribution in [0.4, 0.5) is 0 Å². The van der Waals surface area contributed by atoms with Crippen LogP contribution >= 0.6 is 0 Å². The first-order valence-electron chi connectivity index (χ1n) is 9.91. The molecule has 0 aromatic carbocycles. The van der Waals surface area contributed by atoms with Crippen LogP contribution in [0, 0.1) is 5.92 Å². The molecular weight excluding hydrogens is 314 g/mol. The smallest absolute Gasteiger partial charge is 0.223 e. The van der Waals surface area contributed by atoms with E-state index in [9.17, 15) is 4.79 Å². The van der Waals surface area contributed by atoms with Gasteiger partial charge in [-0.05, 0) is 51.9 Å². The lowest BCUT2D eigenvalue weighted by Crippen LogP contribution is -2.42. The fourth-order valence-electron chi connectivity index (χ4n) is 3.94. The molecule has 6 heteroatoms. The van der Waals surface area contributed by atoms with Gasteiger partial charge in [-0.15, -0.1) is 0 Å². The number of amides is 1. The van der Waals surface area contributed by atoms with Crippen LogP contribution in [0.2, 0.25) is 0 Å². The topological polar surface area (TPSA) is 53.4 Å². The number of nitrogens with zero attached hydrogens (tertiary/aromatic N) is 4.